The van der Waals surface area contributed by atoms with Crippen molar-refractivity contribution in [3.05, 3.63) is 0 Å². The molecule has 1 aliphatic carbocycles. The molecule has 0 aromatic carbocycles. The van der Waals surface area contributed by atoms with Crippen molar-refractivity contribution in [3.8, 4) is 0 Å². The van der Waals surface area contributed by atoms with Gasteiger partial charge >= 0.3 is 21.5 Å². The number of nitrogens with zero attached hydrogens (tertiary/aromatic N) is 1. The number of halogens is 3. The average molecular weight is 386 g/mol. The highest BCUT2D eigenvalue weighted by molar-refractivity contribution is 7.90. The summed E-state index contributed by atoms with van der Waals surface area (Å²) in [7, 11) is -5.72. The van der Waals surface area contributed by atoms with E-state index in [9.17, 15) is 36.3 Å². The minimum absolute atomic E-state index is 0.0652. The van der Waals surface area contributed by atoms with Crippen molar-refractivity contribution in [2.24, 2.45) is 23.2 Å². The van der Waals surface area contributed by atoms with Crippen LogP contribution in [0.2, 0.25) is 0 Å². The molecule has 1 heterocycles. The number of hydrogen-bond donors (Lipinski definition) is 2. The van der Waals surface area contributed by atoms with Crippen LogP contribution in [0.3, 0.4) is 0 Å². The van der Waals surface area contributed by atoms with Crippen LogP contribution in [0.1, 0.15) is 27.7 Å². The largest absolute Gasteiger partial charge is 0.511 e. The second kappa shape index (κ2) is 5.83. The minimum atomic E-state index is -5.72. The lowest BCUT2D eigenvalue weighted by atomic mass is 9.98. The van der Waals surface area contributed by atoms with Crippen LogP contribution in [-0.2, 0) is 19.6 Å². The third-order valence-electron chi connectivity index (χ3n) is 5.26. The Hall–Kier alpha value is -1.36. The Labute approximate surface area is 143 Å². The summed E-state index contributed by atoms with van der Waals surface area (Å²) in [6.07, 6.45) is 0. The minimum Gasteiger partial charge on any atom is -0.480 e. The zero-order chi connectivity index (χ0) is 19.5. The fourth-order valence-electron chi connectivity index (χ4n) is 3.68. The van der Waals surface area contributed by atoms with Gasteiger partial charge in [-0.25, -0.2) is 13.2 Å². The molecule has 0 radical (unpaired) electrons. The lowest BCUT2D eigenvalue weighted by molar-refractivity contribution is -0.151. The van der Waals surface area contributed by atoms with Crippen molar-refractivity contribution in [1.82, 2.24) is 9.62 Å². The van der Waals surface area contributed by atoms with Crippen LogP contribution in [0.5, 0.6) is 0 Å². The van der Waals surface area contributed by atoms with Gasteiger partial charge in [0.15, 0.2) is 0 Å². The first-order valence-electron chi connectivity index (χ1n) is 7.74. The highest BCUT2D eigenvalue weighted by Gasteiger charge is 2.70. The van der Waals surface area contributed by atoms with E-state index in [4.69, 9.17) is 0 Å². The van der Waals surface area contributed by atoms with E-state index >= 15 is 0 Å². The van der Waals surface area contributed by atoms with Crippen LogP contribution in [0.4, 0.5) is 13.2 Å². The number of sulfonamides is 1. The normalized spacial score (nSPS) is 29.4. The number of rotatable bonds is 5. The molecule has 0 aromatic heterocycles. The molecule has 2 fully saturated rings. The third-order valence-corrected chi connectivity index (χ3v) is 6.44. The molecule has 1 aliphatic heterocycles. The molecule has 2 aliphatic rings. The summed E-state index contributed by atoms with van der Waals surface area (Å²) in [5.74, 6) is -3.33. The molecule has 7 nitrogen and oxygen atoms in total. The lowest BCUT2D eigenvalue weighted by Gasteiger charge is -2.32. The summed E-state index contributed by atoms with van der Waals surface area (Å²) < 4.78 is 61.9. The Kier molecular flexibility index (Phi) is 4.66. The number of carbonyl (C=O) groups excluding carboxylic acids is 1. The second-order valence-corrected chi connectivity index (χ2v) is 9.22. The smallest absolute Gasteiger partial charge is 0.480 e. The molecule has 25 heavy (non-hydrogen) atoms. The molecule has 0 unspecified atom stereocenters. The lowest BCUT2D eigenvalue weighted by Crippen LogP contribution is -2.57. The Morgan fingerprint density at radius 3 is 2.20 bits per heavy atom. The van der Waals surface area contributed by atoms with Crippen molar-refractivity contribution >= 4 is 21.9 Å². The Morgan fingerprint density at radius 1 is 1.28 bits per heavy atom. The SMILES string of the molecule is CC(C)[C@H](NS(=O)(=O)C(F)(F)F)C(=O)N1C[C@H]2[C@@H]([C@H]1C(=O)O)C2(C)C. The molecule has 1 saturated heterocycles. The molecule has 0 aromatic rings. The fraction of sp³-hybridized carbons (Fsp3) is 0.857. The number of piperidine rings is 1. The van der Waals surface area contributed by atoms with Crippen LogP contribution in [-0.4, -0.2) is 54.4 Å². The number of fused-ring (bicyclic) bond motifs is 1. The zero-order valence-electron chi connectivity index (χ0n) is 14.2. The number of amides is 1. The maximum atomic E-state index is 12.7. The molecule has 4 atom stereocenters. The quantitative estimate of drug-likeness (QED) is 0.734. The first-order valence-corrected chi connectivity index (χ1v) is 9.23. The fourth-order valence-corrected chi connectivity index (χ4v) is 4.52. The molecule has 2 rings (SSSR count). The average Bonchev–Trinajstić information content (AvgIpc) is 2.83. The number of likely N-dealkylation sites (tertiary alicyclic amines) is 1. The van der Waals surface area contributed by atoms with E-state index in [1.807, 2.05) is 13.8 Å². The van der Waals surface area contributed by atoms with Crippen LogP contribution in [0.15, 0.2) is 0 Å². The number of alkyl halides is 3. The summed E-state index contributed by atoms with van der Waals surface area (Å²) >= 11 is 0. The first kappa shape index (κ1) is 20.0. The number of carboxylic acid groups (broad SMARTS) is 1. The highest BCUT2D eigenvalue weighted by atomic mass is 32.2. The molecular formula is C14H21F3N2O5S. The summed E-state index contributed by atoms with van der Waals surface area (Å²) in [6.45, 7) is 6.60. The van der Waals surface area contributed by atoms with Crippen molar-refractivity contribution in [3.63, 3.8) is 0 Å². The molecule has 2 N–H and O–H groups in total. The van der Waals surface area contributed by atoms with Gasteiger partial charge in [-0.15, -0.1) is 0 Å². The summed E-state index contributed by atoms with van der Waals surface area (Å²) in [5, 5.41) is 9.43. The van der Waals surface area contributed by atoms with Crippen LogP contribution in [0.25, 0.3) is 0 Å². The number of hydrogen-bond acceptors (Lipinski definition) is 4. The zero-order valence-corrected chi connectivity index (χ0v) is 15.0. The van der Waals surface area contributed by atoms with Gasteiger partial charge in [-0.05, 0) is 17.3 Å². The van der Waals surface area contributed by atoms with E-state index in [2.05, 4.69) is 0 Å². The molecular weight excluding hydrogens is 365 g/mol. The molecule has 0 bridgehead atoms. The monoisotopic (exact) mass is 386 g/mol. The van der Waals surface area contributed by atoms with Crippen LogP contribution < -0.4 is 4.72 Å². The summed E-state index contributed by atoms with van der Waals surface area (Å²) in [6, 6.07) is -2.85. The van der Waals surface area contributed by atoms with E-state index < -0.39 is 45.4 Å². The Balaban J connectivity index is 2.26. The predicted molar refractivity (Wildman–Crippen MR) is 80.6 cm³/mol. The first-order chi connectivity index (χ1) is 11.1. The van der Waals surface area contributed by atoms with Gasteiger partial charge in [-0.3, -0.25) is 4.79 Å². The third kappa shape index (κ3) is 3.23. The van der Waals surface area contributed by atoms with Crippen LogP contribution >= 0.6 is 0 Å². The maximum absolute atomic E-state index is 12.7. The van der Waals surface area contributed by atoms with Gasteiger partial charge in [0.25, 0.3) is 0 Å². The van der Waals surface area contributed by atoms with Gasteiger partial charge in [0.05, 0.1) is 0 Å². The Bertz CT molecular complexity index is 689. The number of aliphatic carboxylic acids is 1. The van der Waals surface area contributed by atoms with Crippen molar-refractivity contribution in [1.29, 1.82) is 0 Å². The topological polar surface area (TPSA) is 104 Å². The molecule has 0 spiro atoms. The van der Waals surface area contributed by atoms with Crippen molar-refractivity contribution < 1.29 is 36.3 Å². The van der Waals surface area contributed by atoms with Gasteiger partial charge in [0.2, 0.25) is 5.91 Å². The summed E-state index contributed by atoms with van der Waals surface area (Å²) in [4.78, 5) is 25.2. The predicted octanol–water partition coefficient (Wildman–Crippen LogP) is 1.02. The van der Waals surface area contributed by atoms with Crippen LogP contribution in [0, 0.1) is 23.2 Å². The van der Waals surface area contributed by atoms with Crippen molar-refractivity contribution in [2.75, 3.05) is 6.54 Å². The van der Waals surface area contributed by atoms with Gasteiger partial charge in [0, 0.05) is 12.5 Å². The van der Waals surface area contributed by atoms with E-state index in [0.717, 1.165) is 4.90 Å². The molecule has 11 heteroatoms. The second-order valence-electron chi connectivity index (χ2n) is 7.52. The van der Waals surface area contributed by atoms with E-state index in [-0.39, 0.29) is 23.8 Å². The van der Waals surface area contributed by atoms with Gasteiger partial charge in [-0.1, -0.05) is 27.7 Å². The number of carboxylic acids is 1. The van der Waals surface area contributed by atoms with E-state index in [0.29, 0.717) is 0 Å². The van der Waals surface area contributed by atoms with Gasteiger partial charge in [0.1, 0.15) is 12.1 Å². The molecule has 1 saturated carbocycles. The van der Waals surface area contributed by atoms with Gasteiger partial charge < -0.3 is 10.0 Å². The van der Waals surface area contributed by atoms with E-state index in [1.165, 1.54) is 18.6 Å². The number of nitrogens with one attached hydrogen (secondary N) is 1. The summed E-state index contributed by atoms with van der Waals surface area (Å²) in [5.41, 5.74) is -5.82. The molecule has 144 valence electrons. The number of carbonyl (C=O) groups is 2. The highest BCUT2D eigenvalue weighted by Crippen LogP contribution is 2.64. The Morgan fingerprint density at radius 2 is 1.80 bits per heavy atom. The van der Waals surface area contributed by atoms with Gasteiger partial charge in [-0.2, -0.15) is 17.9 Å². The standard InChI is InChI=1S/C14H21F3N2O5S/c1-6(2)9(18-25(23,24)14(15,16)17)11(20)19-5-7-8(13(7,3)4)10(19)12(21)22/h6-10,18H,5H2,1-4H3,(H,21,22)/t7-,8-,9-,10-/m0/s1. The molecule has 1 amide bonds. The van der Waals surface area contributed by atoms with E-state index in [1.54, 1.807) is 0 Å². The van der Waals surface area contributed by atoms with Crippen molar-refractivity contribution in [2.45, 2.75) is 45.3 Å². The maximum Gasteiger partial charge on any atom is 0.511 e.